The van der Waals surface area contributed by atoms with Crippen LogP contribution in [0.5, 0.6) is 0 Å². The first kappa shape index (κ1) is 29.2. The molecule has 10 nitrogen and oxygen atoms in total. The van der Waals surface area contributed by atoms with Crippen molar-refractivity contribution in [1.82, 2.24) is 39.1 Å². The molecule has 6 heterocycles. The van der Waals surface area contributed by atoms with Crippen LogP contribution in [0.4, 0.5) is 11.4 Å². The number of rotatable bonds is 4. The van der Waals surface area contributed by atoms with Gasteiger partial charge < -0.3 is 38.9 Å². The molecule has 11 heteroatoms. The number of aryl methyl sites for hydroxylation is 2. The van der Waals surface area contributed by atoms with Gasteiger partial charge in [-0.3, -0.25) is 0 Å². The summed E-state index contributed by atoms with van der Waals surface area (Å²) < 4.78 is 4.00. The topological polar surface area (TPSA) is 75.6 Å². The molecule has 2 aliphatic heterocycles. The van der Waals surface area contributed by atoms with Crippen molar-refractivity contribution < 1.29 is 20.1 Å². The normalized spacial score (nSPS) is 14.1. The average Bonchev–Trinajstić information content (AvgIpc) is 3.85. The van der Waals surface area contributed by atoms with Crippen LogP contribution in [0.3, 0.4) is 0 Å². The second kappa shape index (κ2) is 12.0. The molecule has 0 fully saturated rings. The number of aromatic nitrogens is 6. The molecule has 1 radical (unpaired) electrons. The van der Waals surface area contributed by atoms with Crippen LogP contribution in [-0.2, 0) is 27.2 Å². The van der Waals surface area contributed by atoms with Crippen molar-refractivity contribution in [3.05, 3.63) is 123 Å². The fourth-order valence-electron chi connectivity index (χ4n) is 5.17. The van der Waals surface area contributed by atoms with E-state index in [0.29, 0.717) is 0 Å². The van der Waals surface area contributed by atoms with E-state index in [0.717, 1.165) is 56.3 Å². The monoisotopic (exact) mass is 758 g/mol. The summed E-state index contributed by atoms with van der Waals surface area (Å²) in [6.45, 7) is 5.96. The van der Waals surface area contributed by atoms with Gasteiger partial charge >= 0.3 is 0 Å². The number of fused-ring (bicyclic) bond motifs is 3. The molecule has 6 aromatic rings. The van der Waals surface area contributed by atoms with Crippen molar-refractivity contribution in [3.63, 3.8) is 0 Å². The van der Waals surface area contributed by atoms with E-state index in [9.17, 15) is 0 Å². The van der Waals surface area contributed by atoms with E-state index in [4.69, 9.17) is 4.98 Å². The van der Waals surface area contributed by atoms with Crippen LogP contribution in [0, 0.1) is 32.4 Å². The Morgan fingerprint density at radius 3 is 2.18 bits per heavy atom. The molecule has 0 amide bonds. The van der Waals surface area contributed by atoms with E-state index in [1.807, 2.05) is 144 Å². The molecule has 8 rings (SSSR count). The van der Waals surface area contributed by atoms with Gasteiger partial charge in [-0.05, 0) is 57.3 Å². The van der Waals surface area contributed by atoms with Crippen LogP contribution in [-0.4, -0.2) is 48.1 Å². The molecule has 0 spiro atoms. The Kier molecular flexibility index (Phi) is 7.99. The first-order valence-electron chi connectivity index (χ1n) is 13.8. The minimum atomic E-state index is 0. The van der Waals surface area contributed by atoms with Crippen molar-refractivity contribution >= 4 is 33.3 Å². The number of benzene rings is 2. The van der Waals surface area contributed by atoms with Gasteiger partial charge in [0.05, 0.1) is 0 Å². The van der Waals surface area contributed by atoms with Crippen LogP contribution < -0.4 is 14.9 Å². The number of hydrogen-bond acceptors (Lipinski definition) is 7. The van der Waals surface area contributed by atoms with Crippen molar-refractivity contribution in [1.29, 1.82) is 0 Å². The van der Waals surface area contributed by atoms with Crippen LogP contribution in [0.15, 0.2) is 91.8 Å². The minimum absolute atomic E-state index is 0. The Morgan fingerprint density at radius 1 is 0.841 bits per heavy atom. The molecule has 0 unspecified atom stereocenters. The van der Waals surface area contributed by atoms with Crippen LogP contribution in [0.25, 0.3) is 39.3 Å². The Bertz CT molecular complexity index is 1890. The standard InChI is InChI=1S/C19H14N6.C14H15N4.Ir/c1-12-10-15(23-22-12)19-21-17(11-24(19)2)25-16-8-4-3-6-13(16)14-7-5-9-20-18(14)25;1-15-6-8-17(11-15)13-4-3-5-14(10-13)18-9-7-16(2)12-18;/h3-7,9-11H,1-2H3;3-9,11-12H,1-2H3;/q-2;-3;. The number of hydrogen-bond donors (Lipinski definition) is 0. The fourth-order valence-corrected chi connectivity index (χ4v) is 5.17. The maximum atomic E-state index is 4.80. The molecule has 0 saturated heterocycles. The predicted octanol–water partition coefficient (Wildman–Crippen LogP) is 5.21. The van der Waals surface area contributed by atoms with E-state index in [-0.39, 0.29) is 20.1 Å². The summed E-state index contributed by atoms with van der Waals surface area (Å²) in [5.41, 5.74) is 5.55. The second-order valence-electron chi connectivity index (χ2n) is 10.4. The summed E-state index contributed by atoms with van der Waals surface area (Å²) in [7, 11) is 5.97. The molecular weight excluding hydrogens is 729 g/mol. The summed E-state index contributed by atoms with van der Waals surface area (Å²) in [6, 6.07) is 24.8. The zero-order chi connectivity index (χ0) is 29.5. The van der Waals surface area contributed by atoms with Gasteiger partial charge in [-0.25, -0.2) is 9.97 Å². The third-order valence-electron chi connectivity index (χ3n) is 7.19. The Morgan fingerprint density at radius 2 is 1.55 bits per heavy atom. The summed E-state index contributed by atoms with van der Waals surface area (Å²) in [5.74, 6) is 1.57. The molecule has 2 aliphatic rings. The summed E-state index contributed by atoms with van der Waals surface area (Å²) >= 11 is 0. The minimum Gasteiger partial charge on any atom is -0.572 e. The van der Waals surface area contributed by atoms with Crippen molar-refractivity contribution in [2.45, 2.75) is 6.92 Å². The van der Waals surface area contributed by atoms with Crippen LogP contribution in [0.1, 0.15) is 5.69 Å². The first-order valence-corrected chi connectivity index (χ1v) is 13.8. The van der Waals surface area contributed by atoms with Gasteiger partial charge in [0.2, 0.25) is 0 Å². The zero-order valence-corrected chi connectivity index (χ0v) is 27.0. The molecule has 0 atom stereocenters. The van der Waals surface area contributed by atoms with Gasteiger partial charge in [-0.1, -0.05) is 23.3 Å². The Hall–Kier alpha value is -4.86. The third-order valence-corrected chi connectivity index (χ3v) is 7.19. The number of para-hydroxylation sites is 1. The smallest absolute Gasteiger partial charge is 0.155 e. The maximum Gasteiger partial charge on any atom is 0.155 e. The van der Waals surface area contributed by atoms with Gasteiger partial charge in [0.15, 0.2) is 5.82 Å². The summed E-state index contributed by atoms with van der Waals surface area (Å²) in [6.07, 6.45) is 11.8. The fraction of sp³-hybridized carbons (Fsp3) is 0.121. The maximum absolute atomic E-state index is 4.80. The molecule has 0 saturated carbocycles. The molecule has 225 valence electrons. The molecular formula is C33H29IrN10-5. The van der Waals surface area contributed by atoms with Crippen molar-refractivity contribution in [3.8, 4) is 17.3 Å². The number of nitrogens with zero attached hydrogens (tertiary/aromatic N) is 10. The molecule has 4 aromatic heterocycles. The van der Waals surface area contributed by atoms with Gasteiger partial charge in [0, 0.05) is 45.2 Å². The third kappa shape index (κ3) is 5.47. The zero-order valence-electron chi connectivity index (χ0n) is 24.6. The largest absolute Gasteiger partial charge is 0.572 e. The predicted molar refractivity (Wildman–Crippen MR) is 168 cm³/mol. The van der Waals surface area contributed by atoms with Crippen LogP contribution >= 0.6 is 0 Å². The van der Waals surface area contributed by atoms with Crippen molar-refractivity contribution in [2.75, 3.05) is 23.9 Å². The molecule has 0 N–H and O–H groups in total. The SMILES string of the molecule is CN1C=CN(c2[c-]c(N3C=CN(C)[CH-]3)ccc2)[CH-]1.Cc1cc(-c2nc(-n3c4[c-]cccc4c4cccnc43)cn2C)[n-]n1.[Ir]. The molecule has 44 heavy (non-hydrogen) atoms. The van der Waals surface area contributed by atoms with E-state index in [1.165, 1.54) is 0 Å². The van der Waals surface area contributed by atoms with E-state index in [2.05, 4.69) is 39.4 Å². The summed E-state index contributed by atoms with van der Waals surface area (Å²) in [4.78, 5) is 17.5. The van der Waals surface area contributed by atoms with E-state index < -0.39 is 0 Å². The number of anilines is 2. The van der Waals surface area contributed by atoms with E-state index >= 15 is 0 Å². The van der Waals surface area contributed by atoms with Gasteiger partial charge in [-0.2, -0.15) is 43.7 Å². The summed E-state index contributed by atoms with van der Waals surface area (Å²) in [5, 5.41) is 10.5. The first-order chi connectivity index (χ1) is 20.9. The Balaban J connectivity index is 0.000000161. The van der Waals surface area contributed by atoms with Gasteiger partial charge in [0.25, 0.3) is 0 Å². The molecule has 0 bridgehead atoms. The molecule has 2 aromatic carbocycles. The van der Waals surface area contributed by atoms with Crippen LogP contribution in [0.2, 0.25) is 0 Å². The molecule has 0 aliphatic carbocycles. The van der Waals surface area contributed by atoms with Crippen molar-refractivity contribution in [2.24, 2.45) is 7.05 Å². The van der Waals surface area contributed by atoms with E-state index in [1.54, 1.807) is 6.20 Å². The quantitative estimate of drug-likeness (QED) is 0.227. The van der Waals surface area contributed by atoms with Gasteiger partial charge in [0.1, 0.15) is 11.5 Å². The van der Waals surface area contributed by atoms with Gasteiger partial charge in [-0.15, -0.1) is 35.0 Å². The second-order valence-corrected chi connectivity index (χ2v) is 10.4. The Labute approximate surface area is 269 Å². The number of imidazole rings is 1. The number of pyridine rings is 1. The average molecular weight is 758 g/mol.